The largest absolute Gasteiger partial charge is 0.462 e. The molecule has 4 rings (SSSR count). The SMILES string of the molecule is CCOC(=O)c1c(C#N)c2nc(-c3ccccc3)c(-c3ccccc3)nn2c1C. The Bertz CT molecular complexity index is 1240. The summed E-state index contributed by atoms with van der Waals surface area (Å²) < 4.78 is 6.71. The second-order valence-electron chi connectivity index (χ2n) is 6.44. The number of esters is 1. The fourth-order valence-corrected chi connectivity index (χ4v) is 3.34. The van der Waals surface area contributed by atoms with Crippen LogP contribution in [-0.2, 0) is 4.74 Å². The highest BCUT2D eigenvalue weighted by Crippen LogP contribution is 2.31. The van der Waals surface area contributed by atoms with E-state index >= 15 is 0 Å². The standard InChI is InChI=1S/C23H18N4O2/c1-3-29-23(28)19-15(2)27-22(18(19)14-24)25-20(16-10-6-4-7-11-16)21(26-27)17-12-8-5-9-13-17/h4-13H,3H2,1-2H3. The third-order valence-corrected chi connectivity index (χ3v) is 4.68. The lowest BCUT2D eigenvalue weighted by atomic mass is 10.0. The zero-order valence-corrected chi connectivity index (χ0v) is 16.1. The van der Waals surface area contributed by atoms with Gasteiger partial charge in [-0.25, -0.2) is 14.3 Å². The van der Waals surface area contributed by atoms with E-state index in [0.29, 0.717) is 22.7 Å². The van der Waals surface area contributed by atoms with E-state index in [-0.39, 0.29) is 17.7 Å². The van der Waals surface area contributed by atoms with Crippen LogP contribution in [0.5, 0.6) is 0 Å². The van der Waals surface area contributed by atoms with Crippen molar-refractivity contribution in [3.63, 3.8) is 0 Å². The van der Waals surface area contributed by atoms with Gasteiger partial charge in [0.2, 0.25) is 0 Å². The van der Waals surface area contributed by atoms with E-state index in [1.807, 2.05) is 60.7 Å². The molecule has 0 N–H and O–H groups in total. The molecule has 2 aromatic heterocycles. The molecule has 4 aromatic rings. The van der Waals surface area contributed by atoms with Crippen LogP contribution in [-0.4, -0.2) is 27.2 Å². The van der Waals surface area contributed by atoms with Gasteiger partial charge in [-0.05, 0) is 13.8 Å². The van der Waals surface area contributed by atoms with Crippen LogP contribution in [0.2, 0.25) is 0 Å². The molecule has 2 heterocycles. The molecule has 6 nitrogen and oxygen atoms in total. The lowest BCUT2D eigenvalue weighted by Crippen LogP contribution is -2.07. The summed E-state index contributed by atoms with van der Waals surface area (Å²) in [7, 11) is 0. The van der Waals surface area contributed by atoms with E-state index in [9.17, 15) is 10.1 Å². The Kier molecular flexibility index (Phi) is 4.80. The quantitative estimate of drug-likeness (QED) is 0.488. The molecule has 0 saturated carbocycles. The van der Waals surface area contributed by atoms with Gasteiger partial charge in [0.1, 0.15) is 28.6 Å². The minimum absolute atomic E-state index is 0.172. The lowest BCUT2D eigenvalue weighted by molar-refractivity contribution is 0.0525. The second kappa shape index (κ2) is 7.56. The molecule has 0 aliphatic rings. The molecule has 0 bridgehead atoms. The molecule has 29 heavy (non-hydrogen) atoms. The van der Waals surface area contributed by atoms with Crippen molar-refractivity contribution in [2.24, 2.45) is 0 Å². The van der Waals surface area contributed by atoms with Crippen LogP contribution >= 0.6 is 0 Å². The number of nitrogens with zero attached hydrogens (tertiary/aromatic N) is 4. The molecule has 0 aliphatic heterocycles. The zero-order valence-electron chi connectivity index (χ0n) is 16.1. The Morgan fingerprint density at radius 1 is 1.03 bits per heavy atom. The highest BCUT2D eigenvalue weighted by atomic mass is 16.5. The monoisotopic (exact) mass is 382 g/mol. The molecule has 0 fully saturated rings. The van der Waals surface area contributed by atoms with Gasteiger partial charge >= 0.3 is 5.97 Å². The average molecular weight is 382 g/mol. The number of aryl methyl sites for hydroxylation is 1. The van der Waals surface area contributed by atoms with E-state index in [2.05, 4.69) is 6.07 Å². The number of ether oxygens (including phenoxy) is 1. The number of aromatic nitrogens is 3. The van der Waals surface area contributed by atoms with Crippen LogP contribution in [0, 0.1) is 18.3 Å². The van der Waals surface area contributed by atoms with Crippen molar-refractivity contribution < 1.29 is 9.53 Å². The van der Waals surface area contributed by atoms with Crippen LogP contribution in [0.1, 0.15) is 28.5 Å². The second-order valence-corrected chi connectivity index (χ2v) is 6.44. The summed E-state index contributed by atoms with van der Waals surface area (Å²) in [6.45, 7) is 3.69. The summed E-state index contributed by atoms with van der Waals surface area (Å²) in [5.41, 5.74) is 4.33. The summed E-state index contributed by atoms with van der Waals surface area (Å²) >= 11 is 0. The van der Waals surface area contributed by atoms with Gasteiger partial charge in [0.05, 0.1) is 12.3 Å². The number of fused-ring (bicyclic) bond motifs is 1. The Morgan fingerprint density at radius 2 is 1.62 bits per heavy atom. The first-order chi connectivity index (χ1) is 14.2. The fraction of sp³-hybridized carbons (Fsp3) is 0.130. The van der Waals surface area contributed by atoms with Crippen LogP contribution < -0.4 is 0 Å². The first kappa shape index (κ1) is 18.4. The number of hydrogen-bond acceptors (Lipinski definition) is 5. The van der Waals surface area contributed by atoms with Crippen molar-refractivity contribution in [2.45, 2.75) is 13.8 Å². The minimum atomic E-state index is -0.545. The van der Waals surface area contributed by atoms with Crippen molar-refractivity contribution in [3.8, 4) is 28.6 Å². The highest BCUT2D eigenvalue weighted by molar-refractivity contribution is 5.97. The van der Waals surface area contributed by atoms with E-state index in [1.165, 1.54) is 0 Å². The number of carbonyl (C=O) groups excluding carboxylic acids is 1. The topological polar surface area (TPSA) is 80.3 Å². The van der Waals surface area contributed by atoms with E-state index < -0.39 is 5.97 Å². The Hall–Kier alpha value is -3.98. The van der Waals surface area contributed by atoms with Crippen molar-refractivity contribution in [1.29, 1.82) is 5.26 Å². The summed E-state index contributed by atoms with van der Waals surface area (Å²) in [4.78, 5) is 17.3. The Labute approximate surface area is 168 Å². The maximum absolute atomic E-state index is 12.5. The number of carbonyl (C=O) groups is 1. The predicted molar refractivity (Wildman–Crippen MR) is 109 cm³/mol. The first-order valence-corrected chi connectivity index (χ1v) is 9.27. The van der Waals surface area contributed by atoms with Crippen molar-refractivity contribution >= 4 is 11.6 Å². The van der Waals surface area contributed by atoms with Crippen LogP contribution in [0.25, 0.3) is 28.2 Å². The number of hydrogen-bond donors (Lipinski definition) is 0. The third-order valence-electron chi connectivity index (χ3n) is 4.68. The average Bonchev–Trinajstić information content (AvgIpc) is 3.05. The van der Waals surface area contributed by atoms with Crippen LogP contribution in [0.15, 0.2) is 60.7 Å². The molecule has 0 radical (unpaired) electrons. The normalized spacial score (nSPS) is 10.7. The van der Waals surface area contributed by atoms with E-state index in [4.69, 9.17) is 14.8 Å². The summed E-state index contributed by atoms with van der Waals surface area (Å²) in [5, 5.41) is 14.5. The molecule has 0 aliphatic carbocycles. The number of rotatable bonds is 4. The summed E-state index contributed by atoms with van der Waals surface area (Å²) in [5.74, 6) is -0.545. The lowest BCUT2D eigenvalue weighted by Gasteiger charge is -2.10. The van der Waals surface area contributed by atoms with E-state index in [1.54, 1.807) is 18.4 Å². The molecule has 2 aromatic carbocycles. The summed E-state index contributed by atoms with van der Waals surface area (Å²) in [6, 6.07) is 21.5. The molecule has 142 valence electrons. The molecule has 0 amide bonds. The Balaban J connectivity index is 2.08. The molecular weight excluding hydrogens is 364 g/mol. The molecule has 0 saturated heterocycles. The van der Waals surface area contributed by atoms with Gasteiger partial charge in [-0.3, -0.25) is 0 Å². The molecule has 0 spiro atoms. The third kappa shape index (κ3) is 3.13. The minimum Gasteiger partial charge on any atom is -0.462 e. The van der Waals surface area contributed by atoms with Gasteiger partial charge < -0.3 is 4.74 Å². The van der Waals surface area contributed by atoms with Gasteiger partial charge in [-0.15, -0.1) is 0 Å². The molecular formula is C23H18N4O2. The van der Waals surface area contributed by atoms with Crippen molar-refractivity contribution in [2.75, 3.05) is 6.61 Å². The molecule has 0 unspecified atom stereocenters. The highest BCUT2D eigenvalue weighted by Gasteiger charge is 2.26. The van der Waals surface area contributed by atoms with Crippen molar-refractivity contribution in [3.05, 3.63) is 77.5 Å². The van der Waals surface area contributed by atoms with Crippen LogP contribution in [0.4, 0.5) is 0 Å². The maximum atomic E-state index is 12.5. The molecule has 0 atom stereocenters. The van der Waals surface area contributed by atoms with Gasteiger partial charge in [-0.1, -0.05) is 60.7 Å². The predicted octanol–water partition coefficient (Wildman–Crippen LogP) is 4.42. The Morgan fingerprint density at radius 3 is 2.17 bits per heavy atom. The van der Waals surface area contributed by atoms with E-state index in [0.717, 1.165) is 11.1 Å². The number of benzene rings is 2. The van der Waals surface area contributed by atoms with Crippen molar-refractivity contribution in [1.82, 2.24) is 14.6 Å². The number of nitriles is 1. The van der Waals surface area contributed by atoms with Gasteiger partial charge in [-0.2, -0.15) is 10.4 Å². The van der Waals surface area contributed by atoms with Crippen LogP contribution in [0.3, 0.4) is 0 Å². The summed E-state index contributed by atoms with van der Waals surface area (Å²) in [6.07, 6.45) is 0. The smallest absolute Gasteiger partial charge is 0.341 e. The van der Waals surface area contributed by atoms with Gasteiger partial charge in [0.15, 0.2) is 5.65 Å². The molecule has 6 heteroatoms. The fourth-order valence-electron chi connectivity index (χ4n) is 3.34. The first-order valence-electron chi connectivity index (χ1n) is 9.27. The van der Waals surface area contributed by atoms with Gasteiger partial charge in [0, 0.05) is 11.1 Å². The zero-order chi connectivity index (χ0) is 20.4. The van der Waals surface area contributed by atoms with Gasteiger partial charge in [0.25, 0.3) is 0 Å². The maximum Gasteiger partial charge on any atom is 0.341 e.